The first-order valence-electron chi connectivity index (χ1n) is 13.2. The summed E-state index contributed by atoms with van der Waals surface area (Å²) in [6.07, 6.45) is 2.25. The predicted molar refractivity (Wildman–Crippen MR) is 155 cm³/mol. The number of amides is 4. The minimum Gasteiger partial charge on any atom is -0.335 e. The quantitative estimate of drug-likeness (QED) is 0.508. The van der Waals surface area contributed by atoms with Crippen molar-refractivity contribution in [3.63, 3.8) is 0 Å². The molecule has 2 N–H and O–H groups in total. The summed E-state index contributed by atoms with van der Waals surface area (Å²) < 4.78 is 29.5. The third-order valence-electron chi connectivity index (χ3n) is 6.88. The molecule has 3 atom stereocenters. The molecule has 2 aliphatic rings. The van der Waals surface area contributed by atoms with Crippen molar-refractivity contribution >= 4 is 51.1 Å². The number of rotatable bonds is 6. The molecule has 1 aromatic carbocycles. The molecule has 0 radical (unpaired) electrons. The molecule has 41 heavy (non-hydrogen) atoms. The Morgan fingerprint density at radius 3 is 2.41 bits per heavy atom. The SMILES string of the molecule is CC(C)N1CC2N(C(=O)C(NC(=O)NC(C)(C)C)CN2S(=O)(=O)c2ccc(Cl)cc2Cl)C(Cc2cccnc2)C1=O. The normalized spacial score (nSPS) is 22.1. The van der Waals surface area contributed by atoms with E-state index in [0.717, 1.165) is 4.31 Å². The fraction of sp³-hybridized carbons (Fsp3) is 0.481. The maximum Gasteiger partial charge on any atom is 0.315 e. The lowest BCUT2D eigenvalue weighted by Gasteiger charge is -2.54. The van der Waals surface area contributed by atoms with Crippen LogP contribution in [0.3, 0.4) is 0 Å². The first-order valence-corrected chi connectivity index (χ1v) is 15.4. The van der Waals surface area contributed by atoms with Crippen LogP contribution in [0.1, 0.15) is 40.2 Å². The van der Waals surface area contributed by atoms with Crippen LogP contribution in [0.15, 0.2) is 47.6 Å². The number of urea groups is 1. The van der Waals surface area contributed by atoms with Gasteiger partial charge in [-0.3, -0.25) is 14.6 Å². The molecule has 0 bridgehead atoms. The lowest BCUT2D eigenvalue weighted by Crippen LogP contribution is -2.76. The Morgan fingerprint density at radius 2 is 1.83 bits per heavy atom. The molecule has 14 heteroatoms. The van der Waals surface area contributed by atoms with Crippen molar-refractivity contribution in [1.82, 2.24) is 29.7 Å². The fourth-order valence-corrected chi connectivity index (χ4v) is 7.40. The van der Waals surface area contributed by atoms with Gasteiger partial charge in [0.25, 0.3) is 0 Å². The monoisotopic (exact) mass is 624 g/mol. The van der Waals surface area contributed by atoms with Gasteiger partial charge < -0.3 is 20.4 Å². The van der Waals surface area contributed by atoms with Gasteiger partial charge in [0.2, 0.25) is 21.8 Å². The van der Waals surface area contributed by atoms with Crippen LogP contribution in [0.5, 0.6) is 0 Å². The van der Waals surface area contributed by atoms with Gasteiger partial charge in [0.05, 0.1) is 11.6 Å². The molecule has 4 amide bonds. The maximum atomic E-state index is 14.2. The van der Waals surface area contributed by atoms with E-state index in [9.17, 15) is 22.8 Å². The largest absolute Gasteiger partial charge is 0.335 e. The Bertz CT molecular complexity index is 1430. The molecular weight excluding hydrogens is 591 g/mol. The van der Waals surface area contributed by atoms with Gasteiger partial charge in [0.15, 0.2) is 0 Å². The minimum atomic E-state index is -4.34. The first kappa shape index (κ1) is 31.0. The number of fused-ring (bicyclic) bond motifs is 1. The van der Waals surface area contributed by atoms with Gasteiger partial charge in [-0.2, -0.15) is 4.31 Å². The number of aromatic nitrogens is 1. The molecule has 3 unspecified atom stereocenters. The highest BCUT2D eigenvalue weighted by Gasteiger charge is 2.54. The third-order valence-corrected chi connectivity index (χ3v) is 9.46. The van der Waals surface area contributed by atoms with Gasteiger partial charge >= 0.3 is 6.03 Å². The zero-order valence-corrected chi connectivity index (χ0v) is 25.8. The molecule has 2 fully saturated rings. The van der Waals surface area contributed by atoms with Crippen LogP contribution in [-0.4, -0.2) is 88.3 Å². The number of hydrogen-bond donors (Lipinski definition) is 2. The summed E-state index contributed by atoms with van der Waals surface area (Å²) in [6, 6.07) is 4.31. The highest BCUT2D eigenvalue weighted by molar-refractivity contribution is 7.89. The van der Waals surface area contributed by atoms with Crippen molar-refractivity contribution in [2.75, 3.05) is 13.1 Å². The third kappa shape index (κ3) is 6.61. The summed E-state index contributed by atoms with van der Waals surface area (Å²) >= 11 is 12.4. The summed E-state index contributed by atoms with van der Waals surface area (Å²) in [6.45, 7) is 8.57. The number of halogens is 2. The van der Waals surface area contributed by atoms with E-state index in [4.69, 9.17) is 23.2 Å². The van der Waals surface area contributed by atoms with Crippen LogP contribution in [-0.2, 0) is 26.0 Å². The molecule has 222 valence electrons. The summed E-state index contributed by atoms with van der Waals surface area (Å²) in [4.78, 5) is 47.5. The molecule has 0 aliphatic carbocycles. The van der Waals surface area contributed by atoms with Crippen LogP contribution >= 0.6 is 23.2 Å². The van der Waals surface area contributed by atoms with Crippen molar-refractivity contribution in [1.29, 1.82) is 0 Å². The molecule has 2 saturated heterocycles. The molecule has 2 aromatic rings. The zero-order chi connectivity index (χ0) is 30.3. The van der Waals surface area contributed by atoms with Crippen LogP contribution in [0, 0.1) is 0 Å². The highest BCUT2D eigenvalue weighted by atomic mass is 35.5. The average Bonchev–Trinajstić information content (AvgIpc) is 2.86. The van der Waals surface area contributed by atoms with E-state index in [1.165, 1.54) is 23.1 Å². The Hall–Kier alpha value is -2.93. The zero-order valence-electron chi connectivity index (χ0n) is 23.5. The molecular formula is C27H34Cl2N6O5S. The number of benzene rings is 1. The molecule has 0 saturated carbocycles. The van der Waals surface area contributed by atoms with Crippen molar-refractivity contribution in [2.45, 2.75) is 75.8 Å². The Morgan fingerprint density at radius 1 is 1.12 bits per heavy atom. The van der Waals surface area contributed by atoms with E-state index in [1.807, 2.05) is 13.8 Å². The second kappa shape index (κ2) is 11.7. The number of carbonyl (C=O) groups excluding carboxylic acids is 3. The van der Waals surface area contributed by atoms with Gasteiger partial charge in [0.1, 0.15) is 23.1 Å². The fourth-order valence-electron chi connectivity index (χ4n) is 5.07. The number of pyridine rings is 1. The number of nitrogens with one attached hydrogen (secondary N) is 2. The van der Waals surface area contributed by atoms with Gasteiger partial charge in [-0.25, -0.2) is 13.2 Å². The van der Waals surface area contributed by atoms with E-state index < -0.39 is 45.7 Å². The molecule has 11 nitrogen and oxygen atoms in total. The van der Waals surface area contributed by atoms with Gasteiger partial charge in [-0.15, -0.1) is 0 Å². The predicted octanol–water partition coefficient (Wildman–Crippen LogP) is 2.88. The van der Waals surface area contributed by atoms with Crippen LogP contribution < -0.4 is 10.6 Å². The highest BCUT2D eigenvalue weighted by Crippen LogP contribution is 2.35. The van der Waals surface area contributed by atoms with Gasteiger partial charge in [-0.1, -0.05) is 29.3 Å². The van der Waals surface area contributed by atoms with E-state index in [2.05, 4.69) is 15.6 Å². The summed E-state index contributed by atoms with van der Waals surface area (Å²) in [5, 5.41) is 5.53. The van der Waals surface area contributed by atoms with Gasteiger partial charge in [0, 0.05) is 42.0 Å². The number of nitrogens with zero attached hydrogens (tertiary/aromatic N) is 4. The Kier molecular flexibility index (Phi) is 8.89. The van der Waals surface area contributed by atoms with E-state index >= 15 is 0 Å². The topological polar surface area (TPSA) is 132 Å². The van der Waals surface area contributed by atoms with Crippen LogP contribution in [0.4, 0.5) is 4.79 Å². The van der Waals surface area contributed by atoms with E-state index in [0.29, 0.717) is 5.56 Å². The summed E-state index contributed by atoms with van der Waals surface area (Å²) in [5.74, 6) is -0.881. The van der Waals surface area contributed by atoms with Crippen molar-refractivity contribution < 1.29 is 22.8 Å². The lowest BCUT2D eigenvalue weighted by atomic mass is 9.97. The van der Waals surface area contributed by atoms with Crippen molar-refractivity contribution in [2.24, 2.45) is 0 Å². The average molecular weight is 626 g/mol. The minimum absolute atomic E-state index is 0.0584. The van der Waals surface area contributed by atoms with Crippen LogP contribution in [0.25, 0.3) is 0 Å². The second-order valence-electron chi connectivity index (χ2n) is 11.4. The smallest absolute Gasteiger partial charge is 0.315 e. The van der Waals surface area contributed by atoms with Crippen LogP contribution in [0.2, 0.25) is 10.0 Å². The number of piperazine rings is 1. The molecule has 2 aliphatic heterocycles. The number of carbonyl (C=O) groups is 3. The lowest BCUT2D eigenvalue weighted by molar-refractivity contribution is -0.168. The molecule has 0 spiro atoms. The number of sulfonamides is 1. The summed E-state index contributed by atoms with van der Waals surface area (Å²) in [7, 11) is -4.34. The van der Waals surface area contributed by atoms with E-state index in [1.54, 1.807) is 50.2 Å². The molecule has 3 heterocycles. The summed E-state index contributed by atoms with van der Waals surface area (Å²) in [5.41, 5.74) is 0.0768. The Labute approximate surface area is 250 Å². The first-order chi connectivity index (χ1) is 19.1. The number of hydrogen-bond acceptors (Lipinski definition) is 6. The van der Waals surface area contributed by atoms with Crippen molar-refractivity contribution in [3.8, 4) is 0 Å². The standard InChI is InChI=1S/C27H34Cl2N6O5S/c1-16(2)33-15-23-34(41(39,40)22-9-8-18(28)12-19(22)29)14-20(31-26(38)32-27(3,4)5)24(36)35(23)21(25(33)37)11-17-7-6-10-30-13-17/h6-10,12-13,16,20-21,23H,11,14-15H2,1-5H3,(H2,31,32,38). The molecule has 4 rings (SSSR count). The molecule has 1 aromatic heterocycles. The van der Waals surface area contributed by atoms with E-state index in [-0.39, 0.29) is 46.4 Å². The van der Waals surface area contributed by atoms with Crippen molar-refractivity contribution in [3.05, 3.63) is 58.3 Å². The maximum absolute atomic E-state index is 14.2. The van der Waals surface area contributed by atoms with Gasteiger partial charge in [-0.05, 0) is 64.4 Å². The second-order valence-corrected chi connectivity index (χ2v) is 14.1. The Balaban J connectivity index is 1.83.